The summed E-state index contributed by atoms with van der Waals surface area (Å²) in [6, 6.07) is 15.9. The van der Waals surface area contributed by atoms with Gasteiger partial charge in [-0.25, -0.2) is 0 Å². The molecule has 0 aromatic heterocycles. The lowest BCUT2D eigenvalue weighted by molar-refractivity contribution is -0.116. The van der Waals surface area contributed by atoms with Crippen molar-refractivity contribution in [3.05, 3.63) is 71.8 Å². The molecule has 1 N–H and O–H groups in total. The van der Waals surface area contributed by atoms with Crippen molar-refractivity contribution < 1.29 is 18.3 Å². The Kier molecular flexibility index (Phi) is 6.29. The Morgan fingerprint density at radius 2 is 1.78 bits per heavy atom. The molecule has 0 unspecified atom stereocenters. The van der Waals surface area contributed by atoms with Gasteiger partial charge in [0.25, 0.3) is 0 Å². The van der Waals surface area contributed by atoms with Crippen molar-refractivity contribution in [1.82, 2.24) is 5.32 Å². The minimum atomic E-state index is -2.84. The average Bonchev–Trinajstić information content (AvgIpc) is 2.55. The van der Waals surface area contributed by atoms with E-state index in [1.807, 2.05) is 30.3 Å². The Morgan fingerprint density at radius 3 is 2.43 bits per heavy atom. The second kappa shape index (κ2) is 8.68. The summed E-state index contributed by atoms with van der Waals surface area (Å²) in [5.74, 6) is -0.113. The quantitative estimate of drug-likeness (QED) is 0.792. The highest BCUT2D eigenvalue weighted by Gasteiger charge is 2.03. The van der Waals surface area contributed by atoms with Crippen molar-refractivity contribution in [2.75, 3.05) is 6.54 Å². The van der Waals surface area contributed by atoms with Gasteiger partial charge in [-0.1, -0.05) is 42.5 Å². The highest BCUT2D eigenvalue weighted by molar-refractivity contribution is 5.91. The highest BCUT2D eigenvalue weighted by Crippen LogP contribution is 2.15. The monoisotopic (exact) mass is 317 g/mol. The molecule has 3 nitrogen and oxygen atoms in total. The molecule has 120 valence electrons. The van der Waals surface area contributed by atoms with E-state index in [2.05, 4.69) is 10.1 Å². The minimum absolute atomic E-state index is 0.0875. The number of nitrogens with one attached hydrogen (secondary N) is 1. The fourth-order valence-corrected chi connectivity index (χ4v) is 1.97. The largest absolute Gasteiger partial charge is 0.435 e. The number of rotatable bonds is 7. The fraction of sp³-hybridized carbons (Fsp3) is 0.167. The molecule has 0 fully saturated rings. The van der Waals surface area contributed by atoms with Crippen molar-refractivity contribution in [2.45, 2.75) is 13.0 Å². The maximum atomic E-state index is 12.0. The zero-order chi connectivity index (χ0) is 16.5. The van der Waals surface area contributed by atoms with Gasteiger partial charge in [0.1, 0.15) is 5.75 Å². The van der Waals surface area contributed by atoms with Crippen LogP contribution in [0.4, 0.5) is 8.78 Å². The molecule has 0 aliphatic heterocycles. The van der Waals surface area contributed by atoms with E-state index in [-0.39, 0.29) is 11.7 Å². The molecule has 0 bridgehead atoms. The molecule has 2 aromatic rings. The molecule has 5 heteroatoms. The number of benzene rings is 2. The smallest absolute Gasteiger partial charge is 0.387 e. The molecular formula is C18H17F2NO2. The summed E-state index contributed by atoms with van der Waals surface area (Å²) in [6.07, 6.45) is 3.79. The van der Waals surface area contributed by atoms with Crippen molar-refractivity contribution in [3.63, 3.8) is 0 Å². The maximum absolute atomic E-state index is 12.0. The Bertz CT molecular complexity index is 640. The van der Waals surface area contributed by atoms with Gasteiger partial charge in [0.2, 0.25) is 5.91 Å². The predicted molar refractivity (Wildman–Crippen MR) is 85.3 cm³/mol. The summed E-state index contributed by atoms with van der Waals surface area (Å²) in [5.41, 5.74) is 1.89. The third kappa shape index (κ3) is 6.30. The van der Waals surface area contributed by atoms with Crippen LogP contribution < -0.4 is 10.1 Å². The van der Waals surface area contributed by atoms with E-state index in [1.165, 1.54) is 18.2 Å². The van der Waals surface area contributed by atoms with E-state index >= 15 is 0 Å². The van der Waals surface area contributed by atoms with Crippen molar-refractivity contribution >= 4 is 12.0 Å². The molecule has 0 heterocycles. The summed E-state index contributed by atoms with van der Waals surface area (Å²) in [7, 11) is 0. The zero-order valence-electron chi connectivity index (χ0n) is 12.4. The normalized spacial score (nSPS) is 10.9. The summed E-state index contributed by atoms with van der Waals surface area (Å²) in [5, 5.41) is 2.79. The standard InChI is InChI=1S/C18H17F2NO2/c19-18(20)23-16-9-6-15(7-10-16)8-11-17(22)21-13-12-14-4-2-1-3-5-14/h1-11,18H,12-13H2,(H,21,22)/b11-8+. The van der Waals surface area contributed by atoms with Gasteiger partial charge in [0.15, 0.2) is 0 Å². The number of halogens is 2. The summed E-state index contributed by atoms with van der Waals surface area (Å²) in [4.78, 5) is 11.7. The molecule has 0 saturated carbocycles. The zero-order valence-corrected chi connectivity index (χ0v) is 12.4. The van der Waals surface area contributed by atoms with Gasteiger partial charge in [0.05, 0.1) is 0 Å². The molecule has 2 rings (SSSR count). The van der Waals surface area contributed by atoms with Crippen LogP contribution in [0.2, 0.25) is 0 Å². The van der Waals surface area contributed by atoms with E-state index in [0.717, 1.165) is 17.5 Å². The summed E-state index contributed by atoms with van der Waals surface area (Å²) < 4.78 is 28.3. The average molecular weight is 317 g/mol. The van der Waals surface area contributed by atoms with Gasteiger partial charge in [0, 0.05) is 12.6 Å². The number of alkyl halides is 2. The molecule has 0 saturated heterocycles. The van der Waals surface area contributed by atoms with Crippen LogP contribution in [0.5, 0.6) is 5.75 Å². The van der Waals surface area contributed by atoms with E-state index in [0.29, 0.717) is 6.54 Å². The van der Waals surface area contributed by atoms with Gasteiger partial charge in [-0.3, -0.25) is 4.79 Å². The van der Waals surface area contributed by atoms with Crippen molar-refractivity contribution in [1.29, 1.82) is 0 Å². The van der Waals surface area contributed by atoms with Crippen LogP contribution in [0, 0.1) is 0 Å². The van der Waals surface area contributed by atoms with Crippen molar-refractivity contribution in [3.8, 4) is 5.75 Å². The number of hydrogen-bond acceptors (Lipinski definition) is 2. The van der Waals surface area contributed by atoms with Crippen LogP contribution in [-0.2, 0) is 11.2 Å². The fourth-order valence-electron chi connectivity index (χ4n) is 1.97. The number of carbonyl (C=O) groups is 1. The lowest BCUT2D eigenvalue weighted by Crippen LogP contribution is -2.23. The Hall–Kier alpha value is -2.69. The second-order valence-electron chi connectivity index (χ2n) is 4.81. The first-order chi connectivity index (χ1) is 11.1. The predicted octanol–water partition coefficient (Wildman–Crippen LogP) is 3.66. The SMILES string of the molecule is O=C(/C=C/c1ccc(OC(F)F)cc1)NCCc1ccccc1. The van der Waals surface area contributed by atoms with Gasteiger partial charge >= 0.3 is 6.61 Å². The van der Waals surface area contributed by atoms with Crippen LogP contribution in [0.15, 0.2) is 60.7 Å². The Morgan fingerprint density at radius 1 is 1.09 bits per heavy atom. The molecule has 0 atom stereocenters. The van der Waals surface area contributed by atoms with E-state index in [1.54, 1.807) is 18.2 Å². The number of hydrogen-bond donors (Lipinski definition) is 1. The molecule has 23 heavy (non-hydrogen) atoms. The van der Waals surface area contributed by atoms with Crippen LogP contribution in [-0.4, -0.2) is 19.1 Å². The van der Waals surface area contributed by atoms with Gasteiger partial charge in [-0.15, -0.1) is 0 Å². The lowest BCUT2D eigenvalue weighted by atomic mass is 10.1. The van der Waals surface area contributed by atoms with E-state index in [4.69, 9.17) is 0 Å². The lowest BCUT2D eigenvalue weighted by Gasteiger charge is -2.04. The van der Waals surface area contributed by atoms with Gasteiger partial charge < -0.3 is 10.1 Å². The first-order valence-electron chi connectivity index (χ1n) is 7.18. The van der Waals surface area contributed by atoms with Crippen LogP contribution in [0.25, 0.3) is 6.08 Å². The Balaban J connectivity index is 1.77. The molecule has 0 radical (unpaired) electrons. The molecule has 1 amide bonds. The molecular weight excluding hydrogens is 300 g/mol. The molecule has 0 aliphatic carbocycles. The molecule has 0 aliphatic rings. The molecule has 2 aromatic carbocycles. The number of amides is 1. The van der Waals surface area contributed by atoms with E-state index in [9.17, 15) is 13.6 Å². The maximum Gasteiger partial charge on any atom is 0.387 e. The van der Waals surface area contributed by atoms with Gasteiger partial charge in [-0.05, 0) is 35.8 Å². The van der Waals surface area contributed by atoms with E-state index < -0.39 is 6.61 Å². The van der Waals surface area contributed by atoms with Crippen LogP contribution >= 0.6 is 0 Å². The summed E-state index contributed by atoms with van der Waals surface area (Å²) >= 11 is 0. The summed E-state index contributed by atoms with van der Waals surface area (Å²) in [6.45, 7) is -2.29. The molecule has 0 spiro atoms. The first kappa shape index (κ1) is 16.7. The topological polar surface area (TPSA) is 38.3 Å². The van der Waals surface area contributed by atoms with Crippen LogP contribution in [0.3, 0.4) is 0 Å². The third-order valence-electron chi connectivity index (χ3n) is 3.09. The Labute approximate surface area is 133 Å². The first-order valence-corrected chi connectivity index (χ1v) is 7.18. The second-order valence-corrected chi connectivity index (χ2v) is 4.81. The minimum Gasteiger partial charge on any atom is -0.435 e. The third-order valence-corrected chi connectivity index (χ3v) is 3.09. The number of carbonyl (C=O) groups excluding carboxylic acids is 1. The van der Waals surface area contributed by atoms with Crippen molar-refractivity contribution in [2.24, 2.45) is 0 Å². The van der Waals surface area contributed by atoms with Gasteiger partial charge in [-0.2, -0.15) is 8.78 Å². The van der Waals surface area contributed by atoms with Crippen LogP contribution in [0.1, 0.15) is 11.1 Å². The highest BCUT2D eigenvalue weighted by atomic mass is 19.3. The number of ether oxygens (including phenoxy) is 1.